The zero-order chi connectivity index (χ0) is 6.85. The molecule has 4 heteroatoms. The second-order valence-corrected chi connectivity index (χ2v) is 1.76. The van der Waals surface area contributed by atoms with Crippen molar-refractivity contribution in [3.63, 3.8) is 0 Å². The fourth-order valence-corrected chi connectivity index (χ4v) is 0.498. The van der Waals surface area contributed by atoms with Crippen molar-refractivity contribution in [1.82, 2.24) is 9.66 Å². The molecule has 9 heavy (non-hydrogen) atoms. The minimum absolute atomic E-state index is 0.421. The molecule has 4 nitrogen and oxygen atoms in total. The van der Waals surface area contributed by atoms with Crippen molar-refractivity contribution in [3.05, 3.63) is 28.4 Å². The summed E-state index contributed by atoms with van der Waals surface area (Å²) in [6, 6.07) is 1.67. The summed E-state index contributed by atoms with van der Waals surface area (Å²) < 4.78 is 0.938. The number of rotatable bonds is 0. The van der Waals surface area contributed by atoms with Crippen LogP contribution in [0.25, 0.3) is 0 Å². The molecule has 0 saturated heterocycles. The maximum Gasteiger partial charge on any atom is 0.366 e. The van der Waals surface area contributed by atoms with E-state index in [0.717, 1.165) is 4.68 Å². The Balaban J connectivity index is 3.34. The van der Waals surface area contributed by atoms with Crippen LogP contribution in [-0.4, -0.2) is 9.66 Å². The van der Waals surface area contributed by atoms with Gasteiger partial charge in [-0.15, -0.1) is 0 Å². The molecule has 2 N–H and O–H groups in total. The van der Waals surface area contributed by atoms with E-state index in [0.29, 0.717) is 5.69 Å². The lowest BCUT2D eigenvalue weighted by Crippen LogP contribution is -2.28. The Bertz CT molecular complexity index is 265. The Morgan fingerprint density at radius 1 is 1.78 bits per heavy atom. The second kappa shape index (κ2) is 1.89. The Labute approximate surface area is 51.9 Å². The predicted molar refractivity (Wildman–Crippen MR) is 33.4 cm³/mol. The first-order chi connectivity index (χ1) is 4.20. The van der Waals surface area contributed by atoms with E-state index in [1.54, 1.807) is 13.0 Å². The van der Waals surface area contributed by atoms with E-state index in [4.69, 9.17) is 5.84 Å². The molecule has 0 bridgehead atoms. The van der Waals surface area contributed by atoms with E-state index in [-0.39, 0.29) is 0 Å². The van der Waals surface area contributed by atoms with E-state index < -0.39 is 5.69 Å². The van der Waals surface area contributed by atoms with Crippen molar-refractivity contribution in [2.24, 2.45) is 0 Å². The second-order valence-electron chi connectivity index (χ2n) is 1.76. The quantitative estimate of drug-likeness (QED) is 0.465. The molecule has 0 radical (unpaired) electrons. The van der Waals surface area contributed by atoms with Crippen LogP contribution in [-0.2, 0) is 0 Å². The first-order valence-corrected chi connectivity index (χ1v) is 2.51. The SMILES string of the molecule is Cc1ccn(N)c(=O)n1. The lowest BCUT2D eigenvalue weighted by atomic mass is 10.5. The molecular formula is C5H7N3O. The van der Waals surface area contributed by atoms with Crippen molar-refractivity contribution < 1.29 is 0 Å². The van der Waals surface area contributed by atoms with Crippen LogP contribution in [0, 0.1) is 6.92 Å². The van der Waals surface area contributed by atoms with Crippen LogP contribution in [0.3, 0.4) is 0 Å². The van der Waals surface area contributed by atoms with Gasteiger partial charge < -0.3 is 5.84 Å². The highest BCUT2D eigenvalue weighted by atomic mass is 16.1. The number of aromatic nitrogens is 2. The van der Waals surface area contributed by atoms with Gasteiger partial charge in [0, 0.05) is 11.9 Å². The molecule has 0 amide bonds. The zero-order valence-electron chi connectivity index (χ0n) is 5.03. The molecule has 1 heterocycles. The van der Waals surface area contributed by atoms with Gasteiger partial charge in [-0.1, -0.05) is 0 Å². The Morgan fingerprint density at radius 2 is 2.44 bits per heavy atom. The van der Waals surface area contributed by atoms with E-state index >= 15 is 0 Å². The highest BCUT2D eigenvalue weighted by Crippen LogP contribution is 1.80. The Hall–Kier alpha value is -1.32. The molecule has 1 aromatic heterocycles. The number of nitrogen functional groups attached to an aromatic ring is 1. The normalized spacial score (nSPS) is 9.44. The van der Waals surface area contributed by atoms with Crippen molar-refractivity contribution in [3.8, 4) is 0 Å². The van der Waals surface area contributed by atoms with Gasteiger partial charge in [0.2, 0.25) is 0 Å². The minimum atomic E-state index is -0.421. The average Bonchev–Trinajstić information content (AvgIpc) is 1.80. The molecule has 1 rings (SSSR count). The maximum absolute atomic E-state index is 10.6. The van der Waals surface area contributed by atoms with Crippen LogP contribution in [0.15, 0.2) is 17.1 Å². The molecule has 0 spiro atoms. The summed E-state index contributed by atoms with van der Waals surface area (Å²) in [5, 5.41) is 0. The first-order valence-electron chi connectivity index (χ1n) is 2.51. The van der Waals surface area contributed by atoms with Crippen molar-refractivity contribution in [2.75, 3.05) is 5.84 Å². The van der Waals surface area contributed by atoms with Crippen LogP contribution < -0.4 is 11.5 Å². The van der Waals surface area contributed by atoms with Gasteiger partial charge in [0.15, 0.2) is 0 Å². The first kappa shape index (κ1) is 5.81. The molecule has 48 valence electrons. The van der Waals surface area contributed by atoms with E-state index in [9.17, 15) is 4.79 Å². The molecule has 0 atom stereocenters. The molecule has 1 aromatic rings. The summed E-state index contributed by atoms with van der Waals surface area (Å²) in [7, 11) is 0. The summed E-state index contributed by atoms with van der Waals surface area (Å²) in [6.45, 7) is 1.74. The summed E-state index contributed by atoms with van der Waals surface area (Å²) in [6.07, 6.45) is 1.48. The van der Waals surface area contributed by atoms with Gasteiger partial charge in [0.1, 0.15) is 0 Å². The van der Waals surface area contributed by atoms with Crippen LogP contribution in [0.1, 0.15) is 5.69 Å². The predicted octanol–water partition coefficient (Wildman–Crippen LogP) is -0.734. The topological polar surface area (TPSA) is 60.9 Å². The maximum atomic E-state index is 10.6. The van der Waals surface area contributed by atoms with Crippen LogP contribution in [0.5, 0.6) is 0 Å². The van der Waals surface area contributed by atoms with Gasteiger partial charge >= 0.3 is 5.69 Å². The molecule has 0 unspecified atom stereocenters. The van der Waals surface area contributed by atoms with Gasteiger partial charge in [-0.2, -0.15) is 4.98 Å². The lowest BCUT2D eigenvalue weighted by molar-refractivity contribution is 0.855. The molecule has 0 aliphatic heterocycles. The third-order valence-corrected chi connectivity index (χ3v) is 0.969. The third kappa shape index (κ3) is 1.07. The molecule has 0 aliphatic carbocycles. The van der Waals surface area contributed by atoms with Gasteiger partial charge in [-0.05, 0) is 13.0 Å². The number of hydrogen-bond acceptors (Lipinski definition) is 3. The van der Waals surface area contributed by atoms with E-state index in [1.165, 1.54) is 6.20 Å². The molecule has 0 saturated carbocycles. The zero-order valence-corrected chi connectivity index (χ0v) is 5.03. The average molecular weight is 125 g/mol. The molecule has 0 fully saturated rings. The summed E-state index contributed by atoms with van der Waals surface area (Å²) in [5.74, 6) is 5.13. The largest absolute Gasteiger partial charge is 0.366 e. The molecule has 0 aromatic carbocycles. The van der Waals surface area contributed by atoms with Crippen LogP contribution in [0.2, 0.25) is 0 Å². The monoisotopic (exact) mass is 125 g/mol. The van der Waals surface area contributed by atoms with E-state index in [1.807, 2.05) is 0 Å². The van der Waals surface area contributed by atoms with Crippen LogP contribution in [0.4, 0.5) is 0 Å². The summed E-state index contributed by atoms with van der Waals surface area (Å²) >= 11 is 0. The Morgan fingerprint density at radius 3 is 2.89 bits per heavy atom. The van der Waals surface area contributed by atoms with Gasteiger partial charge in [-0.3, -0.25) is 0 Å². The fourth-order valence-electron chi connectivity index (χ4n) is 0.498. The number of hydrogen-bond donors (Lipinski definition) is 1. The van der Waals surface area contributed by atoms with Crippen molar-refractivity contribution in [1.29, 1.82) is 0 Å². The highest BCUT2D eigenvalue weighted by Gasteiger charge is 1.88. The van der Waals surface area contributed by atoms with Crippen LogP contribution >= 0.6 is 0 Å². The van der Waals surface area contributed by atoms with Gasteiger partial charge in [0.05, 0.1) is 0 Å². The summed E-state index contributed by atoms with van der Waals surface area (Å²) in [5.41, 5.74) is 0.261. The van der Waals surface area contributed by atoms with E-state index in [2.05, 4.69) is 4.98 Å². The highest BCUT2D eigenvalue weighted by molar-refractivity contribution is 4.94. The summed E-state index contributed by atoms with van der Waals surface area (Å²) in [4.78, 5) is 14.1. The number of nitrogens with two attached hydrogens (primary N) is 1. The fraction of sp³-hybridized carbons (Fsp3) is 0.200. The molecular weight excluding hydrogens is 118 g/mol. The smallest absolute Gasteiger partial charge is 0.335 e. The number of aryl methyl sites for hydroxylation is 1. The van der Waals surface area contributed by atoms with Crippen molar-refractivity contribution in [2.45, 2.75) is 6.92 Å². The lowest BCUT2D eigenvalue weighted by Gasteiger charge is -1.93. The minimum Gasteiger partial charge on any atom is -0.335 e. The van der Waals surface area contributed by atoms with Gasteiger partial charge in [-0.25, -0.2) is 9.47 Å². The third-order valence-electron chi connectivity index (χ3n) is 0.969. The standard InChI is InChI=1S/C5H7N3O/c1-4-2-3-8(6)5(9)7-4/h2-3H,6H2,1H3. The van der Waals surface area contributed by atoms with Crippen molar-refractivity contribution >= 4 is 0 Å². The Kier molecular flexibility index (Phi) is 1.22. The van der Waals surface area contributed by atoms with Gasteiger partial charge in [0.25, 0.3) is 0 Å². The molecule has 0 aliphatic rings. The number of nitrogens with zero attached hydrogens (tertiary/aromatic N) is 2.